The summed E-state index contributed by atoms with van der Waals surface area (Å²) in [6.07, 6.45) is 0. The van der Waals surface area contributed by atoms with Crippen molar-refractivity contribution in [3.8, 4) is 23.0 Å². The Hall–Kier alpha value is -2.44. The maximum Gasteiger partial charge on any atom is 0.127 e. The molecule has 1 aliphatic heterocycles. The number of benzene rings is 2. The summed E-state index contributed by atoms with van der Waals surface area (Å²) >= 11 is 0. The summed E-state index contributed by atoms with van der Waals surface area (Å²) in [5.74, 6) is 3.15. The van der Waals surface area contributed by atoms with Gasteiger partial charge in [-0.3, -0.25) is 4.90 Å². The molecule has 0 atom stereocenters. The van der Waals surface area contributed by atoms with Crippen LogP contribution in [0.25, 0.3) is 0 Å². The van der Waals surface area contributed by atoms with Gasteiger partial charge in [-0.05, 0) is 24.3 Å². The van der Waals surface area contributed by atoms with Gasteiger partial charge in [-0.15, -0.1) is 0 Å². The Morgan fingerprint density at radius 3 is 1.63 bits per heavy atom. The van der Waals surface area contributed by atoms with E-state index in [0.717, 1.165) is 60.3 Å². The largest absolute Gasteiger partial charge is 0.497 e. The summed E-state index contributed by atoms with van der Waals surface area (Å²) in [7, 11) is 6.71. The Morgan fingerprint density at radius 1 is 0.741 bits per heavy atom. The number of piperazine rings is 1. The van der Waals surface area contributed by atoms with Crippen LogP contribution < -0.4 is 24.3 Å². The van der Waals surface area contributed by atoms with E-state index >= 15 is 0 Å². The van der Waals surface area contributed by atoms with E-state index in [9.17, 15) is 0 Å². The Balaban J connectivity index is 2.12. The van der Waals surface area contributed by atoms with Crippen LogP contribution in [0.15, 0.2) is 36.4 Å². The highest BCUT2D eigenvalue weighted by Gasteiger charge is 2.29. The maximum atomic E-state index is 5.71. The molecular formula is C21H28N2O4. The van der Waals surface area contributed by atoms with Crippen LogP contribution in [0.2, 0.25) is 0 Å². The van der Waals surface area contributed by atoms with Crippen LogP contribution in [0, 0.1) is 0 Å². The summed E-state index contributed by atoms with van der Waals surface area (Å²) in [5, 5.41) is 3.42. The van der Waals surface area contributed by atoms with Crippen molar-refractivity contribution in [2.24, 2.45) is 0 Å². The van der Waals surface area contributed by atoms with E-state index in [4.69, 9.17) is 18.9 Å². The molecule has 0 aromatic heterocycles. The summed E-state index contributed by atoms with van der Waals surface area (Å²) in [6, 6.07) is 12.0. The molecule has 0 radical (unpaired) electrons. The molecule has 1 aliphatic rings. The van der Waals surface area contributed by atoms with Gasteiger partial charge in [-0.2, -0.15) is 0 Å². The Bertz CT molecular complexity index is 704. The first-order valence-electron chi connectivity index (χ1n) is 9.10. The van der Waals surface area contributed by atoms with Crippen molar-refractivity contribution < 1.29 is 18.9 Å². The highest BCUT2D eigenvalue weighted by atomic mass is 16.5. The predicted octanol–water partition coefficient (Wildman–Crippen LogP) is 2.72. The van der Waals surface area contributed by atoms with Crippen LogP contribution >= 0.6 is 0 Å². The predicted molar refractivity (Wildman–Crippen MR) is 105 cm³/mol. The fourth-order valence-corrected chi connectivity index (χ4v) is 3.59. The fraction of sp³-hybridized carbons (Fsp3) is 0.429. The molecule has 1 N–H and O–H groups in total. The van der Waals surface area contributed by atoms with Gasteiger partial charge in [-0.1, -0.05) is 0 Å². The minimum absolute atomic E-state index is 0.00816. The summed E-state index contributed by atoms with van der Waals surface area (Å²) in [4.78, 5) is 2.45. The van der Waals surface area contributed by atoms with E-state index in [1.807, 2.05) is 24.3 Å². The topological polar surface area (TPSA) is 52.2 Å². The van der Waals surface area contributed by atoms with Crippen LogP contribution in [-0.2, 0) is 0 Å². The average molecular weight is 372 g/mol. The molecular weight excluding hydrogens is 344 g/mol. The van der Waals surface area contributed by atoms with E-state index in [0.29, 0.717) is 0 Å². The van der Waals surface area contributed by atoms with E-state index in [-0.39, 0.29) is 6.04 Å². The first-order valence-corrected chi connectivity index (χ1v) is 9.10. The lowest BCUT2D eigenvalue weighted by atomic mass is 9.94. The fourth-order valence-electron chi connectivity index (χ4n) is 3.59. The van der Waals surface area contributed by atoms with E-state index < -0.39 is 0 Å². The zero-order valence-electron chi connectivity index (χ0n) is 16.5. The average Bonchev–Trinajstić information content (AvgIpc) is 2.75. The number of nitrogens with one attached hydrogen (secondary N) is 1. The molecule has 0 spiro atoms. The number of hydrogen-bond donors (Lipinski definition) is 1. The molecule has 27 heavy (non-hydrogen) atoms. The molecule has 3 rings (SSSR count). The van der Waals surface area contributed by atoms with Crippen molar-refractivity contribution >= 4 is 0 Å². The molecule has 0 aliphatic carbocycles. The van der Waals surface area contributed by atoms with Crippen molar-refractivity contribution in [1.29, 1.82) is 0 Å². The van der Waals surface area contributed by atoms with Crippen molar-refractivity contribution in [1.82, 2.24) is 10.2 Å². The van der Waals surface area contributed by atoms with Crippen LogP contribution in [0.1, 0.15) is 17.2 Å². The molecule has 0 bridgehead atoms. The van der Waals surface area contributed by atoms with Crippen LogP contribution in [0.3, 0.4) is 0 Å². The Kier molecular flexibility index (Phi) is 6.42. The van der Waals surface area contributed by atoms with Gasteiger partial charge in [0.25, 0.3) is 0 Å². The zero-order chi connectivity index (χ0) is 19.2. The van der Waals surface area contributed by atoms with Gasteiger partial charge >= 0.3 is 0 Å². The second-order valence-corrected chi connectivity index (χ2v) is 6.40. The van der Waals surface area contributed by atoms with E-state index in [1.165, 1.54) is 0 Å². The molecule has 1 fully saturated rings. The maximum absolute atomic E-state index is 5.71. The molecule has 1 heterocycles. The van der Waals surface area contributed by atoms with Gasteiger partial charge < -0.3 is 24.3 Å². The number of ether oxygens (including phenoxy) is 4. The van der Waals surface area contributed by atoms with Crippen molar-refractivity contribution in [2.45, 2.75) is 6.04 Å². The second-order valence-electron chi connectivity index (χ2n) is 6.40. The van der Waals surface area contributed by atoms with Gasteiger partial charge in [0.05, 0.1) is 34.5 Å². The van der Waals surface area contributed by atoms with Gasteiger partial charge in [0.2, 0.25) is 0 Å². The number of rotatable bonds is 7. The smallest absolute Gasteiger partial charge is 0.127 e. The summed E-state index contributed by atoms with van der Waals surface area (Å²) in [6.45, 7) is 3.78. The lowest BCUT2D eigenvalue weighted by Gasteiger charge is -2.36. The van der Waals surface area contributed by atoms with Crippen LogP contribution in [0.4, 0.5) is 0 Å². The molecule has 0 saturated carbocycles. The quantitative estimate of drug-likeness (QED) is 0.807. The molecule has 0 amide bonds. The summed E-state index contributed by atoms with van der Waals surface area (Å²) < 4.78 is 22.2. The lowest BCUT2D eigenvalue weighted by molar-refractivity contribution is 0.192. The Morgan fingerprint density at radius 2 is 1.22 bits per heavy atom. The monoisotopic (exact) mass is 372 g/mol. The third-order valence-corrected chi connectivity index (χ3v) is 4.99. The van der Waals surface area contributed by atoms with Crippen molar-refractivity contribution in [3.63, 3.8) is 0 Å². The number of nitrogens with zero attached hydrogens (tertiary/aromatic N) is 1. The SMILES string of the molecule is COc1ccc(C(c2ccc(OC)cc2OC)N2CCNCC2)c(OC)c1. The highest BCUT2D eigenvalue weighted by molar-refractivity contribution is 5.51. The van der Waals surface area contributed by atoms with E-state index in [2.05, 4.69) is 22.3 Å². The third-order valence-electron chi connectivity index (χ3n) is 4.99. The molecule has 2 aromatic carbocycles. The summed E-state index contributed by atoms with van der Waals surface area (Å²) in [5.41, 5.74) is 2.17. The number of methoxy groups -OCH3 is 4. The van der Waals surface area contributed by atoms with Gasteiger partial charge in [0, 0.05) is 49.4 Å². The Labute approximate surface area is 161 Å². The van der Waals surface area contributed by atoms with Gasteiger partial charge in [0.1, 0.15) is 23.0 Å². The normalized spacial score (nSPS) is 14.9. The van der Waals surface area contributed by atoms with Crippen molar-refractivity contribution in [3.05, 3.63) is 47.5 Å². The van der Waals surface area contributed by atoms with E-state index in [1.54, 1.807) is 28.4 Å². The van der Waals surface area contributed by atoms with Gasteiger partial charge in [0.15, 0.2) is 0 Å². The van der Waals surface area contributed by atoms with Gasteiger partial charge in [-0.25, -0.2) is 0 Å². The van der Waals surface area contributed by atoms with Crippen LogP contribution in [-0.4, -0.2) is 59.5 Å². The second kappa shape index (κ2) is 8.97. The van der Waals surface area contributed by atoms with Crippen LogP contribution in [0.5, 0.6) is 23.0 Å². The minimum Gasteiger partial charge on any atom is -0.497 e. The standard InChI is InChI=1S/C21H28N2O4/c1-24-15-5-7-17(19(13-15)26-3)21(23-11-9-22-10-12-23)18-8-6-16(25-2)14-20(18)27-4/h5-8,13-14,21-22H,9-12H2,1-4H3. The molecule has 2 aromatic rings. The lowest BCUT2D eigenvalue weighted by Crippen LogP contribution is -2.45. The van der Waals surface area contributed by atoms with Crippen molar-refractivity contribution in [2.75, 3.05) is 54.6 Å². The molecule has 6 heteroatoms. The third kappa shape index (κ3) is 4.12. The zero-order valence-corrected chi connectivity index (χ0v) is 16.5. The highest BCUT2D eigenvalue weighted by Crippen LogP contribution is 2.41. The number of hydrogen-bond acceptors (Lipinski definition) is 6. The minimum atomic E-state index is 0.00816. The molecule has 1 saturated heterocycles. The molecule has 6 nitrogen and oxygen atoms in total. The first-order chi connectivity index (χ1) is 13.2. The molecule has 0 unspecified atom stereocenters. The molecule has 146 valence electrons. The first kappa shape index (κ1) is 19.3.